The lowest BCUT2D eigenvalue weighted by atomic mass is 10.1. The Morgan fingerprint density at radius 3 is 2.30 bits per heavy atom. The standard InChI is InChI=1S/C28H23N3O6/c1-35-21-13-11-20(12-14-21)28(34)37-24-15-10-18(16-25(24)36-2)17-29-31-27(33)26(32)30-23-9-5-7-19-6-3-4-8-22(19)23/h3-17H,1-2H3,(H,30,32)(H,31,33)/b29-17-. The lowest BCUT2D eigenvalue weighted by Crippen LogP contribution is -2.32. The van der Waals surface area contributed by atoms with Crippen molar-refractivity contribution in [3.8, 4) is 17.2 Å². The quantitative estimate of drug-likeness (QED) is 0.130. The molecule has 0 aliphatic heterocycles. The Labute approximate surface area is 212 Å². The minimum Gasteiger partial charge on any atom is -0.497 e. The van der Waals surface area contributed by atoms with Crippen molar-refractivity contribution >= 4 is 40.5 Å². The van der Waals surface area contributed by atoms with Crippen LogP contribution < -0.4 is 25.0 Å². The summed E-state index contributed by atoms with van der Waals surface area (Å²) in [6, 6.07) is 24.1. The monoisotopic (exact) mass is 497 g/mol. The Morgan fingerprint density at radius 2 is 1.54 bits per heavy atom. The third-order valence-corrected chi connectivity index (χ3v) is 5.34. The molecule has 0 unspecified atom stereocenters. The van der Waals surface area contributed by atoms with Crippen LogP contribution in [0.3, 0.4) is 0 Å². The van der Waals surface area contributed by atoms with Crippen LogP contribution in [0.2, 0.25) is 0 Å². The van der Waals surface area contributed by atoms with E-state index in [1.54, 1.807) is 48.5 Å². The number of carbonyl (C=O) groups excluding carboxylic acids is 3. The molecule has 2 N–H and O–H groups in total. The molecule has 0 heterocycles. The summed E-state index contributed by atoms with van der Waals surface area (Å²) >= 11 is 0. The zero-order valence-electron chi connectivity index (χ0n) is 20.1. The predicted octanol–water partition coefficient (Wildman–Crippen LogP) is 4.17. The minimum atomic E-state index is -0.929. The first kappa shape index (κ1) is 24.9. The molecule has 0 atom stereocenters. The smallest absolute Gasteiger partial charge is 0.343 e. The SMILES string of the molecule is COc1ccc(C(=O)Oc2ccc(/C=N\NC(=O)C(=O)Nc3cccc4ccccc34)cc2OC)cc1. The highest BCUT2D eigenvalue weighted by molar-refractivity contribution is 6.40. The van der Waals surface area contributed by atoms with Gasteiger partial charge in [-0.25, -0.2) is 10.2 Å². The second-order valence-electron chi connectivity index (χ2n) is 7.71. The Hall–Kier alpha value is -5.18. The third kappa shape index (κ3) is 6.09. The third-order valence-electron chi connectivity index (χ3n) is 5.34. The number of hydrogen-bond acceptors (Lipinski definition) is 7. The molecule has 0 saturated heterocycles. The van der Waals surface area contributed by atoms with Crippen LogP contribution in [-0.2, 0) is 9.59 Å². The van der Waals surface area contributed by atoms with Gasteiger partial charge >= 0.3 is 17.8 Å². The van der Waals surface area contributed by atoms with Crippen LogP contribution in [0.4, 0.5) is 5.69 Å². The summed E-state index contributed by atoms with van der Waals surface area (Å²) in [6.07, 6.45) is 1.33. The molecule has 9 nitrogen and oxygen atoms in total. The van der Waals surface area contributed by atoms with Gasteiger partial charge in [0.05, 0.1) is 26.0 Å². The summed E-state index contributed by atoms with van der Waals surface area (Å²) in [7, 11) is 2.97. The largest absolute Gasteiger partial charge is 0.497 e. The summed E-state index contributed by atoms with van der Waals surface area (Å²) in [6.45, 7) is 0. The number of methoxy groups -OCH3 is 2. The van der Waals surface area contributed by atoms with Gasteiger partial charge in [-0.3, -0.25) is 9.59 Å². The van der Waals surface area contributed by atoms with Crippen molar-refractivity contribution in [2.45, 2.75) is 0 Å². The first-order valence-electron chi connectivity index (χ1n) is 11.1. The molecule has 37 heavy (non-hydrogen) atoms. The van der Waals surface area contributed by atoms with Gasteiger partial charge in [0.25, 0.3) is 0 Å². The number of nitrogens with zero attached hydrogens (tertiary/aromatic N) is 1. The fraction of sp³-hybridized carbons (Fsp3) is 0.0714. The summed E-state index contributed by atoms with van der Waals surface area (Å²) < 4.78 is 15.8. The number of esters is 1. The minimum absolute atomic E-state index is 0.207. The molecule has 4 aromatic rings. The molecule has 0 aliphatic rings. The van der Waals surface area contributed by atoms with Gasteiger partial charge in [-0.2, -0.15) is 5.10 Å². The number of anilines is 1. The number of hydrazone groups is 1. The molecule has 4 rings (SSSR count). The van der Waals surface area contributed by atoms with Gasteiger partial charge in [0.15, 0.2) is 11.5 Å². The molecule has 0 spiro atoms. The number of rotatable bonds is 7. The van der Waals surface area contributed by atoms with Gasteiger partial charge < -0.3 is 19.5 Å². The Balaban J connectivity index is 1.37. The Morgan fingerprint density at radius 1 is 0.784 bits per heavy atom. The van der Waals surface area contributed by atoms with Gasteiger partial charge in [-0.15, -0.1) is 0 Å². The van der Waals surface area contributed by atoms with Crippen molar-refractivity contribution in [2.75, 3.05) is 19.5 Å². The van der Waals surface area contributed by atoms with E-state index >= 15 is 0 Å². The van der Waals surface area contributed by atoms with Gasteiger partial charge in [-0.05, 0) is 59.5 Å². The average Bonchev–Trinajstić information content (AvgIpc) is 2.93. The molecule has 0 fully saturated rings. The number of hydrogen-bond donors (Lipinski definition) is 2. The van der Waals surface area contributed by atoms with E-state index in [1.807, 2.05) is 30.3 Å². The van der Waals surface area contributed by atoms with E-state index < -0.39 is 17.8 Å². The second kappa shape index (κ2) is 11.5. The van der Waals surface area contributed by atoms with Crippen molar-refractivity contribution in [2.24, 2.45) is 5.10 Å². The first-order valence-corrected chi connectivity index (χ1v) is 11.1. The van der Waals surface area contributed by atoms with E-state index in [2.05, 4.69) is 15.8 Å². The van der Waals surface area contributed by atoms with Crippen molar-refractivity contribution in [3.63, 3.8) is 0 Å². The van der Waals surface area contributed by atoms with Crippen molar-refractivity contribution in [1.82, 2.24) is 5.43 Å². The van der Waals surface area contributed by atoms with Crippen LogP contribution in [0.5, 0.6) is 17.2 Å². The summed E-state index contributed by atoms with van der Waals surface area (Å²) in [5, 5.41) is 8.18. The number of nitrogens with one attached hydrogen (secondary N) is 2. The lowest BCUT2D eigenvalue weighted by molar-refractivity contribution is -0.136. The highest BCUT2D eigenvalue weighted by Crippen LogP contribution is 2.28. The number of benzene rings is 4. The number of amides is 2. The molecule has 0 saturated carbocycles. The molecule has 0 radical (unpaired) electrons. The van der Waals surface area contributed by atoms with Crippen LogP contribution in [0.25, 0.3) is 10.8 Å². The average molecular weight is 498 g/mol. The first-order chi connectivity index (χ1) is 18.0. The fourth-order valence-corrected chi connectivity index (χ4v) is 3.46. The van der Waals surface area contributed by atoms with E-state index in [4.69, 9.17) is 14.2 Å². The van der Waals surface area contributed by atoms with Crippen LogP contribution >= 0.6 is 0 Å². The zero-order chi connectivity index (χ0) is 26.2. The van der Waals surface area contributed by atoms with Crippen LogP contribution in [0.15, 0.2) is 90.0 Å². The van der Waals surface area contributed by atoms with E-state index in [-0.39, 0.29) is 11.5 Å². The molecule has 9 heteroatoms. The molecule has 4 aromatic carbocycles. The van der Waals surface area contributed by atoms with E-state index in [9.17, 15) is 14.4 Å². The zero-order valence-corrected chi connectivity index (χ0v) is 20.1. The van der Waals surface area contributed by atoms with Gasteiger partial charge in [0, 0.05) is 11.1 Å². The van der Waals surface area contributed by atoms with E-state index in [0.29, 0.717) is 22.6 Å². The van der Waals surface area contributed by atoms with E-state index in [0.717, 1.165) is 10.8 Å². The fourth-order valence-electron chi connectivity index (χ4n) is 3.46. The summed E-state index contributed by atoms with van der Waals surface area (Å²) in [4.78, 5) is 37.0. The summed E-state index contributed by atoms with van der Waals surface area (Å²) in [5.41, 5.74) is 3.60. The van der Waals surface area contributed by atoms with Crippen LogP contribution in [0.1, 0.15) is 15.9 Å². The second-order valence-corrected chi connectivity index (χ2v) is 7.71. The molecule has 0 aliphatic carbocycles. The maximum absolute atomic E-state index is 12.5. The maximum atomic E-state index is 12.5. The molecular formula is C28H23N3O6. The van der Waals surface area contributed by atoms with Crippen LogP contribution in [0, 0.1) is 0 Å². The molecule has 0 aromatic heterocycles. The van der Waals surface area contributed by atoms with Crippen LogP contribution in [-0.4, -0.2) is 38.2 Å². The molecule has 186 valence electrons. The Bertz CT molecular complexity index is 1480. The van der Waals surface area contributed by atoms with Gasteiger partial charge in [-0.1, -0.05) is 36.4 Å². The highest BCUT2D eigenvalue weighted by Gasteiger charge is 2.15. The number of carbonyl (C=O) groups is 3. The number of fused-ring (bicyclic) bond motifs is 1. The molecule has 2 amide bonds. The molecule has 0 bridgehead atoms. The lowest BCUT2D eigenvalue weighted by Gasteiger charge is -2.10. The summed E-state index contributed by atoms with van der Waals surface area (Å²) in [5.74, 6) is -1.24. The topological polar surface area (TPSA) is 115 Å². The maximum Gasteiger partial charge on any atom is 0.343 e. The predicted molar refractivity (Wildman–Crippen MR) is 139 cm³/mol. The molecular weight excluding hydrogens is 474 g/mol. The van der Waals surface area contributed by atoms with Crippen molar-refractivity contribution < 1.29 is 28.6 Å². The Kier molecular flexibility index (Phi) is 7.75. The number of ether oxygens (including phenoxy) is 3. The van der Waals surface area contributed by atoms with Gasteiger partial charge in [0.2, 0.25) is 0 Å². The van der Waals surface area contributed by atoms with Crippen molar-refractivity contribution in [1.29, 1.82) is 0 Å². The van der Waals surface area contributed by atoms with Crippen molar-refractivity contribution in [3.05, 3.63) is 96.1 Å². The van der Waals surface area contributed by atoms with E-state index in [1.165, 1.54) is 26.5 Å². The highest BCUT2D eigenvalue weighted by atomic mass is 16.6. The normalized spacial score (nSPS) is 10.6. The van der Waals surface area contributed by atoms with Gasteiger partial charge in [0.1, 0.15) is 5.75 Å².